The molecule has 0 fully saturated rings. The van der Waals surface area contributed by atoms with Crippen molar-refractivity contribution >= 4 is 22.4 Å². The Bertz CT molecular complexity index is 822. The summed E-state index contributed by atoms with van der Waals surface area (Å²) in [7, 11) is 1.81. The zero-order chi connectivity index (χ0) is 14.8. The van der Waals surface area contributed by atoms with Crippen LogP contribution in [0.2, 0.25) is 0 Å². The molecule has 0 aliphatic carbocycles. The summed E-state index contributed by atoms with van der Waals surface area (Å²) >= 11 is 0. The fraction of sp³-hybridized carbons (Fsp3) is 0.133. The second-order valence-electron chi connectivity index (χ2n) is 4.71. The predicted molar refractivity (Wildman–Crippen MR) is 82.0 cm³/mol. The number of hydrogen-bond acceptors (Lipinski definition) is 5. The highest BCUT2D eigenvalue weighted by Gasteiger charge is 2.17. The number of hydrogen-bond donors (Lipinski definition) is 3. The first-order valence-corrected chi connectivity index (χ1v) is 6.54. The van der Waals surface area contributed by atoms with Crippen molar-refractivity contribution in [1.82, 2.24) is 15.0 Å². The molecule has 0 radical (unpaired) electrons. The number of fused-ring (bicyclic) bond motifs is 1. The molecule has 0 saturated carbocycles. The van der Waals surface area contributed by atoms with E-state index in [0.717, 1.165) is 27.8 Å². The van der Waals surface area contributed by atoms with Crippen LogP contribution in [0.3, 0.4) is 0 Å². The normalized spacial score (nSPS) is 11.8. The average molecular weight is 281 g/mol. The Morgan fingerprint density at radius 3 is 2.95 bits per heavy atom. The van der Waals surface area contributed by atoms with Crippen LogP contribution >= 0.6 is 0 Å². The SMILES string of the molecule is CNc1cc(C)cnc1/C(=N/O)c1ccnc2[nH]ccc12. The summed E-state index contributed by atoms with van der Waals surface area (Å²) in [5.41, 5.74) is 4.36. The minimum atomic E-state index is 0.409. The van der Waals surface area contributed by atoms with Gasteiger partial charge in [-0.25, -0.2) is 4.98 Å². The van der Waals surface area contributed by atoms with Gasteiger partial charge in [0.05, 0.1) is 5.69 Å². The molecule has 3 rings (SSSR count). The number of oxime groups is 1. The number of aryl methyl sites for hydroxylation is 1. The van der Waals surface area contributed by atoms with Gasteiger partial charge in [0.15, 0.2) is 0 Å². The van der Waals surface area contributed by atoms with E-state index in [-0.39, 0.29) is 0 Å². The molecule has 3 aromatic heterocycles. The van der Waals surface area contributed by atoms with Gasteiger partial charge in [-0.1, -0.05) is 5.16 Å². The molecule has 0 spiro atoms. The van der Waals surface area contributed by atoms with Gasteiger partial charge in [0, 0.05) is 36.6 Å². The molecule has 6 nitrogen and oxygen atoms in total. The molecule has 0 bridgehead atoms. The first-order valence-electron chi connectivity index (χ1n) is 6.54. The van der Waals surface area contributed by atoms with Gasteiger partial charge in [0.2, 0.25) is 0 Å². The fourth-order valence-corrected chi connectivity index (χ4v) is 2.34. The lowest BCUT2D eigenvalue weighted by molar-refractivity contribution is 0.319. The van der Waals surface area contributed by atoms with Crippen molar-refractivity contribution in [1.29, 1.82) is 0 Å². The van der Waals surface area contributed by atoms with Crippen molar-refractivity contribution in [3.63, 3.8) is 0 Å². The van der Waals surface area contributed by atoms with E-state index in [0.29, 0.717) is 11.4 Å². The van der Waals surface area contributed by atoms with Gasteiger partial charge in [-0.15, -0.1) is 0 Å². The van der Waals surface area contributed by atoms with Crippen LogP contribution in [0.25, 0.3) is 11.0 Å². The smallest absolute Gasteiger partial charge is 0.138 e. The summed E-state index contributed by atoms with van der Waals surface area (Å²) in [6, 6.07) is 5.67. The number of anilines is 1. The van der Waals surface area contributed by atoms with Crippen molar-refractivity contribution in [3.05, 3.63) is 53.6 Å². The van der Waals surface area contributed by atoms with Crippen LogP contribution in [0.5, 0.6) is 0 Å². The Kier molecular flexibility index (Phi) is 3.27. The number of H-pyrrole nitrogens is 1. The van der Waals surface area contributed by atoms with Gasteiger partial charge >= 0.3 is 0 Å². The molecule has 0 amide bonds. The third kappa shape index (κ3) is 2.20. The third-order valence-electron chi connectivity index (χ3n) is 3.33. The molecule has 3 heterocycles. The number of pyridine rings is 2. The maximum absolute atomic E-state index is 9.51. The topological polar surface area (TPSA) is 86.2 Å². The number of aromatic nitrogens is 3. The highest BCUT2D eigenvalue weighted by molar-refractivity contribution is 6.19. The molecule has 0 aliphatic heterocycles. The summed E-state index contributed by atoms with van der Waals surface area (Å²) in [4.78, 5) is 11.7. The van der Waals surface area contributed by atoms with Crippen molar-refractivity contribution in [2.24, 2.45) is 5.16 Å². The van der Waals surface area contributed by atoms with E-state index in [1.165, 1.54) is 0 Å². The number of aromatic amines is 1. The second kappa shape index (κ2) is 5.24. The van der Waals surface area contributed by atoms with Crippen LogP contribution in [-0.4, -0.2) is 32.9 Å². The van der Waals surface area contributed by atoms with E-state index in [9.17, 15) is 5.21 Å². The average Bonchev–Trinajstić information content (AvgIpc) is 2.98. The van der Waals surface area contributed by atoms with E-state index in [1.807, 2.05) is 32.2 Å². The third-order valence-corrected chi connectivity index (χ3v) is 3.33. The lowest BCUT2D eigenvalue weighted by atomic mass is 10.0. The van der Waals surface area contributed by atoms with Crippen molar-refractivity contribution in [2.75, 3.05) is 12.4 Å². The minimum Gasteiger partial charge on any atom is -0.410 e. The lowest BCUT2D eigenvalue weighted by Gasteiger charge is -2.11. The Labute approximate surface area is 121 Å². The molecule has 21 heavy (non-hydrogen) atoms. The first kappa shape index (κ1) is 13.1. The Morgan fingerprint density at radius 2 is 2.19 bits per heavy atom. The van der Waals surface area contributed by atoms with Crippen LogP contribution in [-0.2, 0) is 0 Å². The monoisotopic (exact) mass is 281 g/mol. The van der Waals surface area contributed by atoms with Crippen molar-refractivity contribution in [3.8, 4) is 0 Å². The number of nitrogens with one attached hydrogen (secondary N) is 2. The molecular formula is C15H15N5O. The van der Waals surface area contributed by atoms with Crippen LogP contribution in [0, 0.1) is 6.92 Å². The van der Waals surface area contributed by atoms with Gasteiger partial charge in [-0.2, -0.15) is 0 Å². The maximum atomic E-state index is 9.51. The van der Waals surface area contributed by atoms with E-state index in [4.69, 9.17) is 0 Å². The molecular weight excluding hydrogens is 266 g/mol. The molecule has 0 saturated heterocycles. The van der Waals surface area contributed by atoms with E-state index in [2.05, 4.69) is 25.4 Å². The van der Waals surface area contributed by atoms with Crippen molar-refractivity contribution in [2.45, 2.75) is 6.92 Å². The molecule has 106 valence electrons. The zero-order valence-corrected chi connectivity index (χ0v) is 11.8. The van der Waals surface area contributed by atoms with Crippen LogP contribution in [0.15, 0.2) is 41.9 Å². The summed E-state index contributed by atoms with van der Waals surface area (Å²) in [5, 5.41) is 16.9. The predicted octanol–water partition coefficient (Wildman–Crippen LogP) is 2.53. The quantitative estimate of drug-likeness (QED) is 0.391. The molecule has 0 atom stereocenters. The summed E-state index contributed by atoms with van der Waals surface area (Å²) in [6.07, 6.45) is 5.22. The van der Waals surface area contributed by atoms with Gasteiger partial charge in [-0.3, -0.25) is 4.98 Å². The summed E-state index contributed by atoms with van der Waals surface area (Å²) < 4.78 is 0. The number of rotatable bonds is 3. The molecule has 0 aromatic carbocycles. The van der Waals surface area contributed by atoms with Gasteiger partial charge in [0.1, 0.15) is 17.1 Å². The lowest BCUT2D eigenvalue weighted by Crippen LogP contribution is -2.10. The van der Waals surface area contributed by atoms with E-state index in [1.54, 1.807) is 18.6 Å². The van der Waals surface area contributed by atoms with E-state index >= 15 is 0 Å². The van der Waals surface area contributed by atoms with Gasteiger partial charge in [0.25, 0.3) is 0 Å². The highest BCUT2D eigenvalue weighted by Crippen LogP contribution is 2.23. The standard InChI is InChI=1S/C15H15N5O/c1-9-7-12(16-2)14(19-8-9)13(20-21)10-3-5-17-15-11(10)4-6-18-15/h3-8,16,21H,1-2H3,(H,17,18)/b20-13+. The molecule has 6 heteroatoms. The van der Waals surface area contributed by atoms with Gasteiger partial charge < -0.3 is 15.5 Å². The minimum absolute atomic E-state index is 0.409. The van der Waals surface area contributed by atoms with Crippen LogP contribution < -0.4 is 5.32 Å². The molecule has 0 unspecified atom stereocenters. The maximum Gasteiger partial charge on any atom is 0.138 e. The zero-order valence-electron chi connectivity index (χ0n) is 11.8. The largest absolute Gasteiger partial charge is 0.410 e. The van der Waals surface area contributed by atoms with Crippen LogP contribution in [0.4, 0.5) is 5.69 Å². The van der Waals surface area contributed by atoms with Crippen LogP contribution in [0.1, 0.15) is 16.8 Å². The van der Waals surface area contributed by atoms with E-state index < -0.39 is 0 Å². The fourth-order valence-electron chi connectivity index (χ4n) is 2.34. The molecule has 3 aromatic rings. The Balaban J connectivity index is 2.22. The Morgan fingerprint density at radius 1 is 1.33 bits per heavy atom. The summed E-state index contributed by atoms with van der Waals surface area (Å²) in [5.74, 6) is 0. The second-order valence-corrected chi connectivity index (χ2v) is 4.71. The van der Waals surface area contributed by atoms with Gasteiger partial charge in [-0.05, 0) is 30.7 Å². The Hall–Kier alpha value is -2.89. The molecule has 0 aliphatic rings. The summed E-state index contributed by atoms with van der Waals surface area (Å²) in [6.45, 7) is 1.96. The van der Waals surface area contributed by atoms with Crippen molar-refractivity contribution < 1.29 is 5.21 Å². The molecule has 3 N–H and O–H groups in total. The number of nitrogens with zero attached hydrogens (tertiary/aromatic N) is 3. The first-order chi connectivity index (χ1) is 10.2. The highest BCUT2D eigenvalue weighted by atomic mass is 16.4.